The quantitative estimate of drug-likeness (QED) is 0.787. The number of carbonyl (C=O) groups excluding carboxylic acids is 1. The van der Waals surface area contributed by atoms with E-state index in [9.17, 15) is 4.79 Å². The highest BCUT2D eigenvalue weighted by molar-refractivity contribution is 5.90. The zero-order valence-corrected chi connectivity index (χ0v) is 13.6. The summed E-state index contributed by atoms with van der Waals surface area (Å²) in [5.41, 5.74) is 1.16. The number of hydrogen-bond acceptors (Lipinski definition) is 7. The molecule has 0 amide bonds. The number of rotatable bonds is 7. The molecule has 2 rings (SSSR count). The number of nitrogens with one attached hydrogen (secondary N) is 1. The average molecular weight is 315 g/mol. The second kappa shape index (κ2) is 8.07. The van der Waals surface area contributed by atoms with Crippen molar-refractivity contribution in [3.05, 3.63) is 36.0 Å². The molecule has 0 saturated carbocycles. The van der Waals surface area contributed by atoms with Crippen molar-refractivity contribution in [3.63, 3.8) is 0 Å². The number of esters is 1. The van der Waals surface area contributed by atoms with E-state index in [1.807, 2.05) is 18.0 Å². The Bertz CT molecular complexity index is 662. The van der Waals surface area contributed by atoms with Crippen LogP contribution in [0.15, 0.2) is 30.5 Å². The molecule has 1 aromatic carbocycles. The smallest absolute Gasteiger partial charge is 0.337 e. The van der Waals surface area contributed by atoms with Gasteiger partial charge in [0.05, 0.1) is 18.9 Å². The first-order valence-electron chi connectivity index (χ1n) is 7.50. The fraction of sp³-hybridized carbons (Fsp3) is 0.375. The highest BCUT2D eigenvalue weighted by Gasteiger charge is 2.08. The van der Waals surface area contributed by atoms with Crippen molar-refractivity contribution < 1.29 is 9.53 Å². The molecule has 0 aliphatic carbocycles. The maximum absolute atomic E-state index is 11.6. The summed E-state index contributed by atoms with van der Waals surface area (Å²) in [6, 6.07) is 6.95. The SMILES string of the molecule is CCCCN(C)c1cnnc(Nc2cccc(C(=O)OC)c2)n1. The van der Waals surface area contributed by atoms with E-state index in [-0.39, 0.29) is 5.97 Å². The zero-order chi connectivity index (χ0) is 16.7. The third kappa shape index (κ3) is 4.64. The molecule has 0 bridgehead atoms. The van der Waals surface area contributed by atoms with Crippen molar-refractivity contribution in [1.82, 2.24) is 15.2 Å². The van der Waals surface area contributed by atoms with Gasteiger partial charge in [-0.3, -0.25) is 0 Å². The van der Waals surface area contributed by atoms with E-state index >= 15 is 0 Å². The number of aromatic nitrogens is 3. The van der Waals surface area contributed by atoms with E-state index in [0.717, 1.165) is 25.2 Å². The standard InChI is InChI=1S/C16H21N5O2/c1-4-5-9-21(2)14-11-17-20-16(19-14)18-13-8-6-7-12(10-13)15(22)23-3/h6-8,10-11H,4-5,9H2,1-3H3,(H,18,19,20). The molecule has 0 saturated heterocycles. The minimum absolute atomic E-state index is 0.382. The molecule has 23 heavy (non-hydrogen) atoms. The Balaban J connectivity index is 2.13. The first-order chi connectivity index (χ1) is 11.1. The number of hydrogen-bond donors (Lipinski definition) is 1. The molecule has 1 N–H and O–H groups in total. The predicted octanol–water partition coefficient (Wildman–Crippen LogP) is 2.64. The fourth-order valence-corrected chi connectivity index (χ4v) is 2.01. The lowest BCUT2D eigenvalue weighted by molar-refractivity contribution is 0.0601. The summed E-state index contributed by atoms with van der Waals surface area (Å²) in [4.78, 5) is 18.0. The number of anilines is 3. The van der Waals surface area contributed by atoms with Crippen LogP contribution in [0.5, 0.6) is 0 Å². The molecular formula is C16H21N5O2. The summed E-state index contributed by atoms with van der Waals surface area (Å²) in [5.74, 6) is 0.744. The molecule has 0 atom stereocenters. The average Bonchev–Trinajstić information content (AvgIpc) is 2.59. The van der Waals surface area contributed by atoms with Gasteiger partial charge < -0.3 is 15.0 Å². The highest BCUT2D eigenvalue weighted by atomic mass is 16.5. The van der Waals surface area contributed by atoms with Crippen molar-refractivity contribution in [3.8, 4) is 0 Å². The van der Waals surface area contributed by atoms with Crippen molar-refractivity contribution in [2.24, 2.45) is 0 Å². The van der Waals surface area contributed by atoms with Crippen LogP contribution >= 0.6 is 0 Å². The van der Waals surface area contributed by atoms with Gasteiger partial charge in [0, 0.05) is 19.3 Å². The number of carbonyl (C=O) groups is 1. The van der Waals surface area contributed by atoms with Crippen LogP contribution in [0, 0.1) is 0 Å². The van der Waals surface area contributed by atoms with Crippen LogP contribution in [0.2, 0.25) is 0 Å². The van der Waals surface area contributed by atoms with Crippen LogP contribution in [0.3, 0.4) is 0 Å². The Morgan fingerprint density at radius 3 is 2.96 bits per heavy atom. The van der Waals surface area contributed by atoms with E-state index in [1.165, 1.54) is 7.11 Å². The topological polar surface area (TPSA) is 80.2 Å². The summed E-state index contributed by atoms with van der Waals surface area (Å²) < 4.78 is 4.71. The Morgan fingerprint density at radius 1 is 1.39 bits per heavy atom. The van der Waals surface area contributed by atoms with E-state index in [1.54, 1.807) is 24.4 Å². The number of ether oxygens (including phenoxy) is 1. The van der Waals surface area contributed by atoms with Crippen LogP contribution in [0.4, 0.5) is 17.5 Å². The summed E-state index contributed by atoms with van der Waals surface area (Å²) in [6.45, 7) is 3.06. The van der Waals surface area contributed by atoms with Gasteiger partial charge in [-0.05, 0) is 24.6 Å². The maximum atomic E-state index is 11.6. The Labute approximate surface area is 135 Å². The van der Waals surface area contributed by atoms with Crippen molar-refractivity contribution in [1.29, 1.82) is 0 Å². The molecule has 2 aromatic rings. The molecule has 0 aliphatic rings. The van der Waals surface area contributed by atoms with E-state index in [4.69, 9.17) is 4.74 Å². The van der Waals surface area contributed by atoms with Crippen molar-refractivity contribution in [2.75, 3.05) is 30.9 Å². The predicted molar refractivity (Wildman–Crippen MR) is 89.1 cm³/mol. The lowest BCUT2D eigenvalue weighted by Gasteiger charge is -2.17. The molecule has 122 valence electrons. The van der Waals surface area contributed by atoms with Gasteiger partial charge in [-0.25, -0.2) is 4.79 Å². The second-order valence-corrected chi connectivity index (χ2v) is 5.11. The van der Waals surface area contributed by atoms with Gasteiger partial charge in [-0.15, -0.1) is 5.10 Å². The van der Waals surface area contributed by atoms with Crippen molar-refractivity contribution >= 4 is 23.4 Å². The third-order valence-corrected chi connectivity index (χ3v) is 3.32. The third-order valence-electron chi connectivity index (χ3n) is 3.32. The highest BCUT2D eigenvalue weighted by Crippen LogP contribution is 2.17. The Hall–Kier alpha value is -2.70. The number of nitrogens with zero attached hydrogens (tertiary/aromatic N) is 4. The van der Waals surface area contributed by atoms with E-state index < -0.39 is 0 Å². The number of benzene rings is 1. The van der Waals surface area contributed by atoms with Crippen LogP contribution in [0.1, 0.15) is 30.1 Å². The number of methoxy groups -OCH3 is 1. The second-order valence-electron chi connectivity index (χ2n) is 5.11. The number of unbranched alkanes of at least 4 members (excludes halogenated alkanes) is 1. The lowest BCUT2D eigenvalue weighted by Crippen LogP contribution is -2.20. The summed E-state index contributed by atoms with van der Waals surface area (Å²) in [7, 11) is 3.33. The Kier molecular flexibility index (Phi) is 5.85. The van der Waals surface area contributed by atoms with Crippen molar-refractivity contribution in [2.45, 2.75) is 19.8 Å². The molecule has 0 spiro atoms. The minimum atomic E-state index is -0.388. The molecule has 0 radical (unpaired) electrons. The van der Waals surface area contributed by atoms with Crippen LogP contribution < -0.4 is 10.2 Å². The fourth-order valence-electron chi connectivity index (χ4n) is 2.01. The molecule has 0 fully saturated rings. The summed E-state index contributed by atoms with van der Waals surface area (Å²) in [5, 5.41) is 11.0. The first-order valence-corrected chi connectivity index (χ1v) is 7.50. The maximum Gasteiger partial charge on any atom is 0.337 e. The molecule has 7 nitrogen and oxygen atoms in total. The molecular weight excluding hydrogens is 294 g/mol. The first kappa shape index (κ1) is 16.7. The van der Waals surface area contributed by atoms with Gasteiger partial charge in [-0.2, -0.15) is 10.1 Å². The normalized spacial score (nSPS) is 10.2. The molecule has 7 heteroatoms. The Morgan fingerprint density at radius 2 is 2.22 bits per heavy atom. The van der Waals surface area contributed by atoms with Gasteiger partial charge >= 0.3 is 5.97 Å². The molecule has 0 aliphatic heterocycles. The molecule has 0 unspecified atom stereocenters. The lowest BCUT2D eigenvalue weighted by atomic mass is 10.2. The minimum Gasteiger partial charge on any atom is -0.465 e. The van der Waals surface area contributed by atoms with Gasteiger partial charge in [0.2, 0.25) is 5.95 Å². The molecule has 1 aromatic heterocycles. The van der Waals surface area contributed by atoms with Crippen LogP contribution in [-0.2, 0) is 4.74 Å². The monoisotopic (exact) mass is 315 g/mol. The van der Waals surface area contributed by atoms with E-state index in [0.29, 0.717) is 17.2 Å². The summed E-state index contributed by atoms with van der Waals surface area (Å²) in [6.07, 6.45) is 3.84. The van der Waals surface area contributed by atoms with Gasteiger partial charge in [-0.1, -0.05) is 19.4 Å². The van der Waals surface area contributed by atoms with Gasteiger partial charge in [0.1, 0.15) is 0 Å². The van der Waals surface area contributed by atoms with Crippen LogP contribution in [0.25, 0.3) is 0 Å². The van der Waals surface area contributed by atoms with Gasteiger partial charge in [0.15, 0.2) is 5.82 Å². The van der Waals surface area contributed by atoms with E-state index in [2.05, 4.69) is 27.4 Å². The largest absolute Gasteiger partial charge is 0.465 e. The zero-order valence-electron chi connectivity index (χ0n) is 13.6. The summed E-state index contributed by atoms with van der Waals surface area (Å²) >= 11 is 0. The van der Waals surface area contributed by atoms with Crippen LogP contribution in [-0.4, -0.2) is 41.9 Å². The molecule has 1 heterocycles. The van der Waals surface area contributed by atoms with Gasteiger partial charge in [0.25, 0.3) is 0 Å².